The third kappa shape index (κ3) is 2.54. The minimum atomic E-state index is -0.882. The summed E-state index contributed by atoms with van der Waals surface area (Å²) in [5, 5.41) is 4.15. The summed E-state index contributed by atoms with van der Waals surface area (Å²) in [7, 11) is 4.62. The number of amides is 1. The van der Waals surface area contributed by atoms with Crippen molar-refractivity contribution >= 4 is 11.9 Å². The van der Waals surface area contributed by atoms with Gasteiger partial charge in [0, 0.05) is 31.4 Å². The Morgan fingerprint density at radius 1 is 1.39 bits per heavy atom. The molecule has 1 aliphatic rings. The maximum atomic E-state index is 12.0. The van der Waals surface area contributed by atoms with E-state index in [1.54, 1.807) is 17.9 Å². The van der Waals surface area contributed by atoms with Crippen molar-refractivity contribution in [2.24, 2.45) is 7.05 Å². The van der Waals surface area contributed by atoms with Crippen LogP contribution in [0.3, 0.4) is 0 Å². The number of esters is 1. The zero-order valence-electron chi connectivity index (χ0n) is 13.1. The first-order valence-electron chi connectivity index (χ1n) is 7.13. The molecule has 1 atom stereocenters. The summed E-state index contributed by atoms with van der Waals surface area (Å²) in [6, 6.07) is 7.39. The fraction of sp³-hybridized carbons (Fsp3) is 0.312. The number of methoxy groups -OCH3 is 1. The monoisotopic (exact) mass is 315 g/mol. The summed E-state index contributed by atoms with van der Waals surface area (Å²) in [6.07, 6.45) is 1.73. The Morgan fingerprint density at radius 2 is 2.17 bits per heavy atom. The summed E-state index contributed by atoms with van der Waals surface area (Å²) in [6.45, 7) is 0.309. The van der Waals surface area contributed by atoms with Gasteiger partial charge in [-0.2, -0.15) is 5.10 Å². The number of aryl methyl sites for hydroxylation is 1. The zero-order chi connectivity index (χ0) is 16.6. The van der Waals surface area contributed by atoms with Gasteiger partial charge < -0.3 is 14.4 Å². The van der Waals surface area contributed by atoms with Crippen molar-refractivity contribution in [1.82, 2.24) is 14.7 Å². The molecule has 0 fully saturated rings. The number of benzene rings is 1. The van der Waals surface area contributed by atoms with Gasteiger partial charge in [-0.15, -0.1) is 0 Å². The molecule has 1 amide bonds. The highest BCUT2D eigenvalue weighted by Gasteiger charge is 2.33. The van der Waals surface area contributed by atoms with E-state index in [0.29, 0.717) is 12.4 Å². The topological polar surface area (TPSA) is 73.7 Å². The molecule has 2 heterocycles. The Labute approximate surface area is 133 Å². The van der Waals surface area contributed by atoms with Gasteiger partial charge in [0.05, 0.1) is 18.8 Å². The Morgan fingerprint density at radius 3 is 2.83 bits per heavy atom. The van der Waals surface area contributed by atoms with Crippen molar-refractivity contribution in [2.45, 2.75) is 6.04 Å². The minimum absolute atomic E-state index is 0.308. The number of nitrogens with zero attached hydrogens (tertiary/aromatic N) is 3. The molecule has 0 N–H and O–H groups in total. The largest absolute Gasteiger partial charge is 0.491 e. The van der Waals surface area contributed by atoms with Crippen molar-refractivity contribution in [3.8, 4) is 17.0 Å². The Kier molecular flexibility index (Phi) is 3.77. The van der Waals surface area contributed by atoms with Crippen LogP contribution in [0.5, 0.6) is 5.75 Å². The molecule has 7 nitrogen and oxygen atoms in total. The van der Waals surface area contributed by atoms with E-state index in [2.05, 4.69) is 9.84 Å². The van der Waals surface area contributed by atoms with Gasteiger partial charge in [-0.25, -0.2) is 4.79 Å². The predicted octanol–water partition coefficient (Wildman–Crippen LogP) is 1.15. The molecule has 2 aromatic rings. The second-order valence-electron chi connectivity index (χ2n) is 5.33. The number of likely N-dealkylation sites (N-methyl/N-ethyl adjacent to an activating group) is 1. The van der Waals surface area contributed by atoms with E-state index in [1.807, 2.05) is 31.3 Å². The van der Waals surface area contributed by atoms with Crippen LogP contribution in [-0.2, 0) is 21.4 Å². The lowest BCUT2D eigenvalue weighted by atomic mass is 10.0. The standard InChI is InChI=1S/C16H17N3O4/c1-18(15(20)16(21)22-3)13-9-23-14-8-10(4-5-11(13)14)12-6-7-17-19(12)2/h4-8,13H,9H2,1-3H3. The number of aromatic nitrogens is 2. The first-order valence-corrected chi connectivity index (χ1v) is 7.13. The number of carbonyl (C=O) groups excluding carboxylic acids is 2. The summed E-state index contributed by atoms with van der Waals surface area (Å²) in [4.78, 5) is 24.7. The summed E-state index contributed by atoms with van der Waals surface area (Å²) in [5.74, 6) is -0.865. The highest BCUT2D eigenvalue weighted by molar-refractivity contribution is 6.32. The summed E-state index contributed by atoms with van der Waals surface area (Å²) >= 11 is 0. The number of carbonyl (C=O) groups is 2. The molecule has 3 rings (SSSR count). The first kappa shape index (κ1) is 15.1. The van der Waals surface area contributed by atoms with E-state index in [4.69, 9.17) is 4.74 Å². The van der Waals surface area contributed by atoms with Crippen molar-refractivity contribution in [3.63, 3.8) is 0 Å². The van der Waals surface area contributed by atoms with Gasteiger partial charge in [0.15, 0.2) is 0 Å². The molecule has 1 aromatic carbocycles. The number of rotatable bonds is 2. The van der Waals surface area contributed by atoms with Crippen LogP contribution in [0.1, 0.15) is 11.6 Å². The molecule has 0 bridgehead atoms. The Hall–Kier alpha value is -2.83. The average molecular weight is 315 g/mol. The second kappa shape index (κ2) is 5.75. The third-order valence-corrected chi connectivity index (χ3v) is 4.03. The number of hydrogen-bond donors (Lipinski definition) is 0. The zero-order valence-corrected chi connectivity index (χ0v) is 13.1. The smallest absolute Gasteiger partial charge is 0.396 e. The summed E-state index contributed by atoms with van der Waals surface area (Å²) < 4.78 is 12.0. The van der Waals surface area contributed by atoms with Crippen molar-refractivity contribution < 1.29 is 19.1 Å². The molecule has 1 aromatic heterocycles. The molecule has 0 spiro atoms. The van der Waals surface area contributed by atoms with Crippen LogP contribution >= 0.6 is 0 Å². The average Bonchev–Trinajstić information content (AvgIpc) is 3.18. The van der Waals surface area contributed by atoms with Crippen molar-refractivity contribution in [2.75, 3.05) is 20.8 Å². The molecular weight excluding hydrogens is 298 g/mol. The van der Waals surface area contributed by atoms with E-state index in [1.165, 1.54) is 12.0 Å². The van der Waals surface area contributed by atoms with E-state index in [-0.39, 0.29) is 6.04 Å². The summed E-state index contributed by atoms with van der Waals surface area (Å²) in [5.41, 5.74) is 2.82. The van der Waals surface area contributed by atoms with Crippen LogP contribution in [0.25, 0.3) is 11.3 Å². The van der Waals surface area contributed by atoms with Crippen molar-refractivity contribution in [3.05, 3.63) is 36.0 Å². The maximum absolute atomic E-state index is 12.0. The van der Waals surface area contributed by atoms with Gasteiger partial charge in [0.25, 0.3) is 0 Å². The first-order chi connectivity index (χ1) is 11.0. The van der Waals surface area contributed by atoms with Crippen LogP contribution in [0.2, 0.25) is 0 Å². The number of fused-ring (bicyclic) bond motifs is 1. The lowest BCUT2D eigenvalue weighted by Crippen LogP contribution is -2.37. The molecule has 23 heavy (non-hydrogen) atoms. The fourth-order valence-electron chi connectivity index (χ4n) is 2.70. The van der Waals surface area contributed by atoms with E-state index in [0.717, 1.165) is 16.8 Å². The van der Waals surface area contributed by atoms with Crippen molar-refractivity contribution in [1.29, 1.82) is 0 Å². The van der Waals surface area contributed by atoms with E-state index < -0.39 is 11.9 Å². The molecule has 0 radical (unpaired) electrons. The van der Waals surface area contributed by atoms with Gasteiger partial charge >= 0.3 is 11.9 Å². The van der Waals surface area contributed by atoms with Gasteiger partial charge in [-0.3, -0.25) is 9.48 Å². The second-order valence-corrected chi connectivity index (χ2v) is 5.33. The van der Waals surface area contributed by atoms with Crippen LogP contribution in [0, 0.1) is 0 Å². The van der Waals surface area contributed by atoms with Gasteiger partial charge in [-0.05, 0) is 12.1 Å². The molecule has 0 saturated heterocycles. The molecule has 7 heteroatoms. The maximum Gasteiger partial charge on any atom is 0.396 e. The fourth-order valence-corrected chi connectivity index (χ4v) is 2.70. The number of ether oxygens (including phenoxy) is 2. The molecule has 1 aliphatic heterocycles. The SMILES string of the molecule is COC(=O)C(=O)N(C)C1COc2cc(-c3ccnn3C)ccc21. The Balaban J connectivity index is 1.88. The molecule has 0 aliphatic carbocycles. The highest BCUT2D eigenvalue weighted by Crippen LogP contribution is 2.38. The molecule has 0 saturated carbocycles. The third-order valence-electron chi connectivity index (χ3n) is 4.03. The minimum Gasteiger partial charge on any atom is -0.491 e. The van der Waals surface area contributed by atoms with E-state index in [9.17, 15) is 9.59 Å². The van der Waals surface area contributed by atoms with Gasteiger partial charge in [-0.1, -0.05) is 12.1 Å². The van der Waals surface area contributed by atoms with Crippen LogP contribution in [-0.4, -0.2) is 47.3 Å². The lowest BCUT2D eigenvalue weighted by molar-refractivity contribution is -0.158. The number of hydrogen-bond acceptors (Lipinski definition) is 5. The highest BCUT2D eigenvalue weighted by atomic mass is 16.5. The molecular formula is C16H17N3O4. The van der Waals surface area contributed by atoms with Crippen LogP contribution in [0.4, 0.5) is 0 Å². The lowest BCUT2D eigenvalue weighted by Gasteiger charge is -2.22. The van der Waals surface area contributed by atoms with Gasteiger partial charge in [0.2, 0.25) is 0 Å². The van der Waals surface area contributed by atoms with Gasteiger partial charge in [0.1, 0.15) is 12.4 Å². The quantitative estimate of drug-likeness (QED) is 0.614. The van der Waals surface area contributed by atoms with E-state index >= 15 is 0 Å². The normalized spacial score (nSPS) is 15.7. The van der Waals surface area contributed by atoms with Crippen LogP contribution in [0.15, 0.2) is 30.5 Å². The molecule has 120 valence electrons. The Bertz CT molecular complexity index is 768. The van der Waals surface area contributed by atoms with Crippen LogP contribution < -0.4 is 4.74 Å². The molecule has 1 unspecified atom stereocenters. The predicted molar refractivity (Wildman–Crippen MR) is 81.7 cm³/mol.